The van der Waals surface area contributed by atoms with Gasteiger partial charge in [0, 0.05) is 19.2 Å². The average molecular weight is 501 g/mol. The van der Waals surface area contributed by atoms with E-state index in [4.69, 9.17) is 19.7 Å². The lowest BCUT2D eigenvalue weighted by atomic mass is 10.1. The Morgan fingerprint density at radius 2 is 1.73 bits per heavy atom. The van der Waals surface area contributed by atoms with Crippen molar-refractivity contribution >= 4 is 23.3 Å². The molecule has 0 radical (unpaired) electrons. The van der Waals surface area contributed by atoms with Gasteiger partial charge < -0.3 is 14.6 Å². The third-order valence-electron chi connectivity index (χ3n) is 4.26. The number of ether oxygens (including phenoxy) is 2. The van der Waals surface area contributed by atoms with Crippen molar-refractivity contribution in [2.75, 3.05) is 26.1 Å². The highest BCUT2D eigenvalue weighted by Gasteiger charge is 2.35. The molecule has 3 rings (SSSR count). The number of thiazole rings is 1. The molecule has 0 saturated carbocycles. The minimum absolute atomic E-state index is 0.0517. The zero-order chi connectivity index (χ0) is 24.1. The summed E-state index contributed by atoms with van der Waals surface area (Å²) in [6.07, 6.45) is 0.443. The van der Waals surface area contributed by atoms with Crippen LogP contribution in [-0.2, 0) is 12.6 Å². The molecule has 3 N–H and O–H groups in total. The quantitative estimate of drug-likeness (QED) is 0.270. The van der Waals surface area contributed by atoms with Crippen LogP contribution in [0.25, 0.3) is 10.4 Å². The molecule has 0 fully saturated rings. The van der Waals surface area contributed by atoms with E-state index in [0.717, 1.165) is 11.8 Å². The van der Waals surface area contributed by atoms with Gasteiger partial charge in [0.2, 0.25) is 0 Å². The Labute approximate surface area is 199 Å². The molecule has 0 aliphatic carbocycles. The van der Waals surface area contributed by atoms with E-state index < -0.39 is 11.7 Å². The predicted molar refractivity (Wildman–Crippen MR) is 128 cm³/mol. The standard InChI is InChI=1S/C22H22F3NO3S.CH5NS/c23-22(24,25)18-14-16(20-15-26-21(30-20)10-11-27)8-9-19(18)29-13-5-4-12-28-17-6-2-1-3-7-17;1-3-2/h1-3,6-9,14-15,27H,4-5,10-13H2;2H2,1H3. The van der Waals surface area contributed by atoms with Crippen LogP contribution in [0, 0.1) is 0 Å². The van der Waals surface area contributed by atoms with Gasteiger partial charge in [0.25, 0.3) is 0 Å². The molecular weight excluding hydrogens is 473 g/mol. The summed E-state index contributed by atoms with van der Waals surface area (Å²) in [7, 11) is 0. The number of alkyl halides is 3. The molecule has 1 heterocycles. The number of unbranched alkanes of at least 4 members (excludes halogenated alkanes) is 1. The number of benzene rings is 2. The molecule has 0 atom stereocenters. The van der Waals surface area contributed by atoms with Crippen molar-refractivity contribution in [3.05, 3.63) is 65.3 Å². The number of para-hydroxylation sites is 1. The summed E-state index contributed by atoms with van der Waals surface area (Å²) in [5.41, 5.74) is -0.384. The van der Waals surface area contributed by atoms with E-state index in [0.29, 0.717) is 41.3 Å². The van der Waals surface area contributed by atoms with Gasteiger partial charge in [0.1, 0.15) is 11.5 Å². The lowest BCUT2D eigenvalue weighted by Gasteiger charge is -2.15. The third-order valence-corrected chi connectivity index (χ3v) is 5.36. The number of hydrogen-bond acceptors (Lipinski definition) is 7. The van der Waals surface area contributed by atoms with Gasteiger partial charge >= 0.3 is 6.18 Å². The van der Waals surface area contributed by atoms with E-state index >= 15 is 0 Å². The Morgan fingerprint density at radius 1 is 1.06 bits per heavy atom. The zero-order valence-corrected chi connectivity index (χ0v) is 19.8. The molecule has 0 aliphatic heterocycles. The first-order chi connectivity index (χ1) is 15.9. The monoisotopic (exact) mass is 500 g/mol. The number of aliphatic hydroxyl groups is 1. The smallest absolute Gasteiger partial charge is 0.419 e. The van der Waals surface area contributed by atoms with Crippen LogP contribution in [0.15, 0.2) is 54.7 Å². The molecule has 0 spiro atoms. The van der Waals surface area contributed by atoms with Crippen LogP contribution in [0.5, 0.6) is 11.5 Å². The summed E-state index contributed by atoms with van der Waals surface area (Å²) in [6, 6.07) is 13.4. The summed E-state index contributed by atoms with van der Waals surface area (Å²) >= 11 is 2.52. The minimum Gasteiger partial charge on any atom is -0.494 e. The fraction of sp³-hybridized carbons (Fsp3) is 0.348. The van der Waals surface area contributed by atoms with Gasteiger partial charge in [-0.25, -0.2) is 4.98 Å². The van der Waals surface area contributed by atoms with Crippen LogP contribution in [0.3, 0.4) is 0 Å². The maximum absolute atomic E-state index is 13.5. The number of hydrogen-bond donors (Lipinski definition) is 2. The van der Waals surface area contributed by atoms with Crippen LogP contribution < -0.4 is 14.6 Å². The van der Waals surface area contributed by atoms with Crippen molar-refractivity contribution in [2.24, 2.45) is 5.14 Å². The highest BCUT2D eigenvalue weighted by molar-refractivity contribution is 7.96. The first-order valence-corrected chi connectivity index (χ1v) is 12.3. The third kappa shape index (κ3) is 9.24. The second-order valence-corrected chi connectivity index (χ2v) is 8.34. The predicted octanol–water partition coefficient (Wildman–Crippen LogP) is 5.82. The number of nitrogens with zero attached hydrogens (tertiary/aromatic N) is 1. The summed E-state index contributed by atoms with van der Waals surface area (Å²) in [5.74, 6) is 0.578. The molecular formula is C23H27F3N2O3S2. The van der Waals surface area contributed by atoms with Crippen LogP contribution in [0.4, 0.5) is 13.2 Å². The molecule has 0 saturated heterocycles. The molecule has 0 unspecified atom stereocenters. The van der Waals surface area contributed by atoms with Crippen LogP contribution in [-0.4, -0.2) is 36.2 Å². The van der Waals surface area contributed by atoms with Crippen molar-refractivity contribution in [2.45, 2.75) is 25.4 Å². The Bertz CT molecular complexity index is 954. The summed E-state index contributed by atoms with van der Waals surface area (Å²) in [5, 5.41) is 14.4. The first kappa shape index (κ1) is 27.0. The van der Waals surface area contributed by atoms with Crippen molar-refractivity contribution in [3.8, 4) is 21.9 Å². The van der Waals surface area contributed by atoms with Crippen LogP contribution >= 0.6 is 23.3 Å². The maximum atomic E-state index is 13.5. The van der Waals surface area contributed by atoms with Crippen molar-refractivity contribution in [1.29, 1.82) is 0 Å². The molecule has 10 heteroatoms. The molecule has 0 amide bonds. The van der Waals surface area contributed by atoms with Gasteiger partial charge in [-0.05, 0) is 55.0 Å². The molecule has 1 aromatic heterocycles. The molecule has 0 aliphatic rings. The Balaban J connectivity index is 0.00000122. The lowest BCUT2D eigenvalue weighted by molar-refractivity contribution is -0.138. The Kier molecular flexibility index (Phi) is 11.5. The lowest BCUT2D eigenvalue weighted by Crippen LogP contribution is -2.10. The molecule has 0 bridgehead atoms. The highest BCUT2D eigenvalue weighted by atomic mass is 32.2. The highest BCUT2D eigenvalue weighted by Crippen LogP contribution is 2.39. The average Bonchev–Trinajstić information content (AvgIpc) is 3.26. The summed E-state index contributed by atoms with van der Waals surface area (Å²) < 4.78 is 51.6. The van der Waals surface area contributed by atoms with Gasteiger partial charge in [0.15, 0.2) is 0 Å². The van der Waals surface area contributed by atoms with Gasteiger partial charge in [-0.3, -0.25) is 5.14 Å². The Morgan fingerprint density at radius 3 is 2.36 bits per heavy atom. The van der Waals surface area contributed by atoms with Gasteiger partial charge in [-0.15, -0.1) is 11.3 Å². The van der Waals surface area contributed by atoms with Gasteiger partial charge in [0.05, 0.1) is 28.7 Å². The molecule has 5 nitrogen and oxygen atoms in total. The number of aliphatic hydroxyl groups excluding tert-OH is 1. The van der Waals surface area contributed by atoms with Crippen molar-refractivity contribution < 1.29 is 27.8 Å². The molecule has 180 valence electrons. The van der Waals surface area contributed by atoms with E-state index in [-0.39, 0.29) is 19.0 Å². The van der Waals surface area contributed by atoms with Crippen LogP contribution in [0.2, 0.25) is 0 Å². The molecule has 2 aromatic carbocycles. The Hall–Kier alpha value is -2.27. The number of halogens is 3. The second-order valence-electron chi connectivity index (χ2n) is 6.75. The molecule has 3 aromatic rings. The van der Waals surface area contributed by atoms with E-state index in [1.54, 1.807) is 6.07 Å². The fourth-order valence-electron chi connectivity index (χ4n) is 2.78. The normalized spacial score (nSPS) is 11.0. The summed E-state index contributed by atoms with van der Waals surface area (Å²) in [4.78, 5) is 4.75. The number of rotatable bonds is 10. The molecule has 33 heavy (non-hydrogen) atoms. The fourth-order valence-corrected chi connectivity index (χ4v) is 3.68. The maximum Gasteiger partial charge on any atom is 0.419 e. The second kappa shape index (κ2) is 14.1. The number of nitrogens with two attached hydrogens (primary N) is 1. The van der Waals surface area contributed by atoms with Crippen molar-refractivity contribution in [3.63, 3.8) is 0 Å². The first-order valence-electron chi connectivity index (χ1n) is 10.2. The van der Waals surface area contributed by atoms with E-state index in [1.165, 1.54) is 35.5 Å². The summed E-state index contributed by atoms with van der Waals surface area (Å²) in [6.45, 7) is 0.589. The van der Waals surface area contributed by atoms with E-state index in [2.05, 4.69) is 4.98 Å². The van der Waals surface area contributed by atoms with E-state index in [9.17, 15) is 13.2 Å². The number of aromatic nitrogens is 1. The van der Waals surface area contributed by atoms with Crippen LogP contribution in [0.1, 0.15) is 23.4 Å². The van der Waals surface area contributed by atoms with Crippen molar-refractivity contribution in [1.82, 2.24) is 4.98 Å². The van der Waals surface area contributed by atoms with Gasteiger partial charge in [-0.1, -0.05) is 30.1 Å². The van der Waals surface area contributed by atoms with Gasteiger partial charge in [-0.2, -0.15) is 13.2 Å². The minimum atomic E-state index is -4.53. The largest absolute Gasteiger partial charge is 0.494 e. The van der Waals surface area contributed by atoms with E-state index in [1.807, 2.05) is 36.6 Å². The zero-order valence-electron chi connectivity index (χ0n) is 18.2. The SMILES string of the molecule is CSN.OCCc1ncc(-c2ccc(OCCCCOc3ccccc3)c(C(F)(F)F)c2)s1. The topological polar surface area (TPSA) is 77.6 Å².